The quantitative estimate of drug-likeness (QED) is 0.476. The van der Waals surface area contributed by atoms with Gasteiger partial charge in [-0.05, 0) is 19.3 Å². The van der Waals surface area contributed by atoms with E-state index in [-0.39, 0.29) is 0 Å². The zero-order valence-corrected chi connectivity index (χ0v) is 8.12. The summed E-state index contributed by atoms with van der Waals surface area (Å²) in [5.74, 6) is 0.677. The fraction of sp³-hybridized carbons (Fsp3) is 0.455. The van der Waals surface area contributed by atoms with Gasteiger partial charge in [-0.2, -0.15) is 0 Å². The second-order valence-corrected chi connectivity index (χ2v) is 3.15. The van der Waals surface area contributed by atoms with Crippen LogP contribution in [0, 0.1) is 6.54 Å². The molecule has 1 rings (SSSR count). The normalized spacial score (nSPS) is 12.6. The molecule has 0 aromatic carbocycles. The lowest BCUT2D eigenvalue weighted by Crippen LogP contribution is -2.28. The average Bonchev–Trinajstić information content (AvgIpc) is 2.17. The topological polar surface area (TPSA) is 3.88 Å². The first-order chi connectivity index (χ1) is 5.77. The van der Waals surface area contributed by atoms with Crippen LogP contribution in [0.2, 0.25) is 0 Å². The maximum Gasteiger partial charge on any atom is 0.0694 e. The van der Waals surface area contributed by atoms with Gasteiger partial charge in [0.15, 0.2) is 0 Å². The van der Waals surface area contributed by atoms with Crippen LogP contribution in [-0.4, -0.2) is 0 Å². The minimum Gasteiger partial charge on any atom is -0.337 e. The zero-order chi connectivity index (χ0) is 8.97. The lowest BCUT2D eigenvalue weighted by Gasteiger charge is -2.09. The lowest BCUT2D eigenvalue weighted by molar-refractivity contribution is -0.632. The molecule has 1 nitrogen and oxygen atoms in total. The highest BCUT2D eigenvalue weighted by molar-refractivity contribution is 5.12. The van der Waals surface area contributed by atoms with Gasteiger partial charge in [0.25, 0.3) is 0 Å². The predicted molar refractivity (Wildman–Crippen MR) is 50.7 cm³/mol. The minimum absolute atomic E-state index is 0.677. The lowest BCUT2D eigenvalue weighted by atomic mass is 10.0. The number of nitrogens with zero attached hydrogens (tertiary/aromatic N) is 1. The monoisotopic (exact) mass is 163 g/mol. The molecule has 0 bridgehead atoms. The van der Waals surface area contributed by atoms with E-state index in [9.17, 15) is 0 Å². The fourth-order valence-corrected chi connectivity index (χ4v) is 1.19. The van der Waals surface area contributed by atoms with Gasteiger partial charge in [-0.25, -0.2) is 0 Å². The summed E-state index contributed by atoms with van der Waals surface area (Å²) in [7, 11) is 0. The molecule has 0 aliphatic carbocycles. The van der Waals surface area contributed by atoms with Crippen molar-refractivity contribution in [1.82, 2.24) is 0 Å². The Hall–Kier alpha value is -0.980. The van der Waals surface area contributed by atoms with Gasteiger partial charge in [-0.3, -0.25) is 0 Å². The Kier molecular flexibility index (Phi) is 3.15. The van der Waals surface area contributed by atoms with Crippen LogP contribution in [0.1, 0.15) is 38.7 Å². The Bertz CT molecular complexity index is 225. The van der Waals surface area contributed by atoms with Gasteiger partial charge in [0.2, 0.25) is 0 Å². The molecule has 0 amide bonds. The molecule has 1 heteroatoms. The molecule has 66 valence electrons. The van der Waals surface area contributed by atoms with Gasteiger partial charge in [-0.1, -0.05) is 31.5 Å². The summed E-state index contributed by atoms with van der Waals surface area (Å²) in [4.78, 5) is 0. The largest absolute Gasteiger partial charge is 0.337 e. The summed E-state index contributed by atoms with van der Waals surface area (Å²) in [6, 6.07) is 4.38. The molecule has 0 spiro atoms. The van der Waals surface area contributed by atoms with E-state index in [1.54, 1.807) is 0 Å². The van der Waals surface area contributed by atoms with Crippen molar-refractivity contribution in [3.8, 4) is 0 Å². The van der Waals surface area contributed by atoms with Gasteiger partial charge in [0.1, 0.15) is 0 Å². The summed E-state index contributed by atoms with van der Waals surface area (Å²) in [6.07, 6.45) is 5.41. The second-order valence-electron chi connectivity index (χ2n) is 3.15. The van der Waals surface area contributed by atoms with E-state index < -0.39 is 0 Å². The first-order valence-corrected chi connectivity index (χ1v) is 4.58. The van der Waals surface area contributed by atoms with Crippen molar-refractivity contribution in [2.75, 3.05) is 0 Å². The van der Waals surface area contributed by atoms with Crippen molar-refractivity contribution in [3.63, 3.8) is 0 Å². The second kappa shape index (κ2) is 4.15. The Morgan fingerprint density at radius 2 is 2.00 bits per heavy atom. The zero-order valence-electron chi connectivity index (χ0n) is 8.12. The van der Waals surface area contributed by atoms with Crippen LogP contribution in [0.3, 0.4) is 0 Å². The van der Waals surface area contributed by atoms with Crippen LogP contribution in [0.5, 0.6) is 0 Å². The molecule has 1 atom stereocenters. The third kappa shape index (κ3) is 2.00. The van der Waals surface area contributed by atoms with E-state index >= 15 is 0 Å². The third-order valence-corrected chi connectivity index (χ3v) is 2.36. The van der Waals surface area contributed by atoms with E-state index in [4.69, 9.17) is 0 Å². The van der Waals surface area contributed by atoms with Crippen LogP contribution < -0.4 is 4.57 Å². The van der Waals surface area contributed by atoms with Gasteiger partial charge >= 0.3 is 0 Å². The molecule has 1 aromatic heterocycles. The Labute approximate surface area is 75.1 Å². The Balaban J connectivity index is 2.77. The molecule has 12 heavy (non-hydrogen) atoms. The molecule has 0 saturated carbocycles. The summed E-state index contributed by atoms with van der Waals surface area (Å²) in [5, 5.41) is 0. The molecule has 0 radical (unpaired) electrons. The van der Waals surface area contributed by atoms with Crippen molar-refractivity contribution in [2.24, 2.45) is 0 Å². The molecule has 0 saturated heterocycles. The molecule has 0 N–H and O–H groups in total. The molecule has 1 aromatic rings. The van der Waals surface area contributed by atoms with Gasteiger partial charge in [-0.15, -0.1) is 0 Å². The number of hydrogen-bond donors (Lipinski definition) is 0. The maximum atomic E-state index is 2.26. The van der Waals surface area contributed by atoms with Crippen molar-refractivity contribution in [1.29, 1.82) is 0 Å². The highest BCUT2D eigenvalue weighted by atomic mass is 14.9. The van der Waals surface area contributed by atoms with Crippen LogP contribution in [0.4, 0.5) is 0 Å². The van der Waals surface area contributed by atoms with E-state index in [0.29, 0.717) is 5.92 Å². The van der Waals surface area contributed by atoms with Gasteiger partial charge in [0.05, 0.1) is 12.4 Å². The van der Waals surface area contributed by atoms with E-state index in [1.807, 2.05) is 13.5 Å². The first-order valence-electron chi connectivity index (χ1n) is 4.58. The van der Waals surface area contributed by atoms with E-state index in [0.717, 1.165) is 0 Å². The minimum atomic E-state index is 0.677. The van der Waals surface area contributed by atoms with Crippen molar-refractivity contribution in [2.45, 2.75) is 33.1 Å². The van der Waals surface area contributed by atoms with Crippen LogP contribution >= 0.6 is 0 Å². The van der Waals surface area contributed by atoms with Crippen molar-refractivity contribution < 1.29 is 4.57 Å². The summed E-state index contributed by atoms with van der Waals surface area (Å²) in [5.41, 5.74) is 1.43. The van der Waals surface area contributed by atoms with Crippen molar-refractivity contribution >= 4 is 0 Å². The predicted octanol–water partition coefficient (Wildman–Crippen LogP) is 2.52. The standard InChI is InChI=1S/C11H17N/c1-4-10(3)11-6-8-12(5-2)9-7-11/h5-10H,4H2,1-3H3. The molecule has 1 heterocycles. The summed E-state index contributed by atoms with van der Waals surface area (Å²) >= 11 is 0. The van der Waals surface area contributed by atoms with Crippen molar-refractivity contribution in [3.05, 3.63) is 36.6 Å². The number of rotatable bonds is 3. The van der Waals surface area contributed by atoms with E-state index in [1.165, 1.54) is 12.0 Å². The van der Waals surface area contributed by atoms with E-state index in [2.05, 4.69) is 42.9 Å². The molecule has 0 aliphatic rings. The number of pyridine rings is 1. The first kappa shape index (κ1) is 9.11. The number of aromatic nitrogens is 1. The molecular formula is C11H17N. The SMILES string of the molecule is C[CH-][n+]1ccc(C(C)CC)cc1. The molecule has 0 fully saturated rings. The van der Waals surface area contributed by atoms with Crippen LogP contribution in [0.15, 0.2) is 24.5 Å². The number of hydrogen-bond acceptors (Lipinski definition) is 0. The Morgan fingerprint density at radius 3 is 2.42 bits per heavy atom. The van der Waals surface area contributed by atoms with Crippen LogP contribution in [-0.2, 0) is 0 Å². The summed E-state index contributed by atoms with van der Waals surface area (Å²) in [6.45, 7) is 8.55. The van der Waals surface area contributed by atoms with Gasteiger partial charge < -0.3 is 4.57 Å². The summed E-state index contributed by atoms with van der Waals surface area (Å²) < 4.78 is 2.06. The highest BCUT2D eigenvalue weighted by Gasteiger charge is 2.00. The average molecular weight is 163 g/mol. The highest BCUT2D eigenvalue weighted by Crippen LogP contribution is 2.16. The molecule has 1 unspecified atom stereocenters. The molecular weight excluding hydrogens is 146 g/mol. The third-order valence-electron chi connectivity index (χ3n) is 2.36. The molecule has 0 aliphatic heterocycles. The van der Waals surface area contributed by atoms with Crippen LogP contribution in [0.25, 0.3) is 0 Å². The smallest absolute Gasteiger partial charge is 0.0694 e. The Morgan fingerprint density at radius 1 is 1.42 bits per heavy atom. The maximum absolute atomic E-state index is 2.26. The van der Waals surface area contributed by atoms with Gasteiger partial charge in [0, 0.05) is 6.54 Å². The fourth-order valence-electron chi connectivity index (χ4n) is 1.19.